The number of nitrogens with zero attached hydrogens (tertiary/aromatic N) is 1. The smallest absolute Gasteiger partial charge is 0.294 e. The van der Waals surface area contributed by atoms with Crippen LogP contribution in [0.15, 0.2) is 59.9 Å². The van der Waals surface area contributed by atoms with Gasteiger partial charge in [-0.1, -0.05) is 51.1 Å². The third kappa shape index (κ3) is 3.54. The minimum absolute atomic E-state index is 0.116. The van der Waals surface area contributed by atoms with Crippen LogP contribution in [0.5, 0.6) is 0 Å². The molecule has 2 aromatic carbocycles. The molecule has 0 saturated carbocycles. The van der Waals surface area contributed by atoms with Crippen molar-refractivity contribution < 1.29 is 14.7 Å². The number of fused-ring (bicyclic) bond motifs is 1. The first-order chi connectivity index (χ1) is 14.8. The summed E-state index contributed by atoms with van der Waals surface area (Å²) in [5.41, 5.74) is 4.66. The molecule has 5 nitrogen and oxygen atoms in total. The Labute approximate surface area is 182 Å². The molecule has 0 aliphatic carbocycles. The molecule has 0 fully saturated rings. The first-order valence-corrected chi connectivity index (χ1v) is 10.8. The highest BCUT2D eigenvalue weighted by molar-refractivity contribution is 6.17. The summed E-state index contributed by atoms with van der Waals surface area (Å²) in [6.45, 7) is 7.93. The maximum atomic E-state index is 13.3. The Balaban J connectivity index is 1.93. The van der Waals surface area contributed by atoms with Gasteiger partial charge >= 0.3 is 0 Å². The number of hydrogen-bond acceptors (Lipinski definition) is 3. The number of Topliss-reactive ketones (excluding diaryl/α,β-unsaturated/α-hetero) is 1. The number of rotatable bonds is 6. The highest BCUT2D eigenvalue weighted by Gasteiger charge is 2.45. The summed E-state index contributed by atoms with van der Waals surface area (Å²) in [5.74, 6) is -1.06. The van der Waals surface area contributed by atoms with Gasteiger partial charge < -0.3 is 10.1 Å². The number of hydrogen-bond donors (Lipinski definition) is 2. The number of H-pyrrole nitrogens is 1. The van der Waals surface area contributed by atoms with Crippen LogP contribution in [0.3, 0.4) is 0 Å². The van der Waals surface area contributed by atoms with Crippen LogP contribution in [0.4, 0.5) is 5.69 Å². The van der Waals surface area contributed by atoms with Gasteiger partial charge in [0.2, 0.25) is 0 Å². The number of nitrogens with one attached hydrogen (secondary N) is 1. The SMILES string of the molecule is CCc1ccc(N2C(=O)C(O)=C(C(=O)CC(C)C)C2c2c(C)[nH]c3ccccc23)cc1. The summed E-state index contributed by atoms with van der Waals surface area (Å²) in [6.07, 6.45) is 1.16. The number of aromatic amines is 1. The van der Waals surface area contributed by atoms with E-state index in [1.54, 1.807) is 4.90 Å². The van der Waals surface area contributed by atoms with Crippen LogP contribution in [0.1, 0.15) is 50.1 Å². The van der Waals surface area contributed by atoms with E-state index in [0.717, 1.165) is 34.1 Å². The van der Waals surface area contributed by atoms with Gasteiger partial charge in [0.05, 0.1) is 11.6 Å². The van der Waals surface area contributed by atoms with E-state index in [1.807, 2.05) is 69.3 Å². The molecule has 1 atom stereocenters. The van der Waals surface area contributed by atoms with E-state index in [9.17, 15) is 14.7 Å². The molecule has 5 heteroatoms. The largest absolute Gasteiger partial charge is 0.503 e. The number of carbonyl (C=O) groups excluding carboxylic acids is 2. The van der Waals surface area contributed by atoms with Gasteiger partial charge in [-0.15, -0.1) is 0 Å². The summed E-state index contributed by atoms with van der Waals surface area (Å²) in [5, 5.41) is 11.8. The normalized spacial score (nSPS) is 16.7. The number of amides is 1. The molecule has 2 heterocycles. The maximum absolute atomic E-state index is 13.3. The second kappa shape index (κ2) is 8.06. The standard InChI is InChI=1S/C26H28N2O3/c1-5-17-10-12-18(13-11-17)28-24(22-16(4)27-20-9-7-6-8-19(20)22)23(25(30)26(28)31)21(29)14-15(2)3/h6-13,15,24,27,30H,5,14H2,1-4H3. The Bertz CT molecular complexity index is 1190. The molecule has 1 amide bonds. The molecule has 1 unspecified atom stereocenters. The number of carbonyl (C=O) groups is 2. The Morgan fingerprint density at radius 1 is 1.13 bits per heavy atom. The van der Waals surface area contributed by atoms with Crippen molar-refractivity contribution in [2.45, 2.75) is 46.6 Å². The van der Waals surface area contributed by atoms with Crippen molar-refractivity contribution in [2.24, 2.45) is 5.92 Å². The van der Waals surface area contributed by atoms with E-state index in [2.05, 4.69) is 11.9 Å². The van der Waals surface area contributed by atoms with Crippen molar-refractivity contribution in [3.05, 3.63) is 76.7 Å². The number of para-hydroxylation sites is 1. The van der Waals surface area contributed by atoms with Crippen molar-refractivity contribution in [2.75, 3.05) is 4.90 Å². The number of anilines is 1. The molecule has 0 spiro atoms. The average molecular weight is 417 g/mol. The van der Waals surface area contributed by atoms with Gasteiger partial charge in [-0.05, 0) is 43.0 Å². The van der Waals surface area contributed by atoms with Crippen LogP contribution in [-0.4, -0.2) is 21.8 Å². The highest BCUT2D eigenvalue weighted by Crippen LogP contribution is 2.45. The van der Waals surface area contributed by atoms with Gasteiger partial charge in [-0.25, -0.2) is 0 Å². The third-order valence-corrected chi connectivity index (χ3v) is 5.94. The van der Waals surface area contributed by atoms with Crippen molar-refractivity contribution in [1.29, 1.82) is 0 Å². The van der Waals surface area contributed by atoms with Crippen molar-refractivity contribution in [3.8, 4) is 0 Å². The van der Waals surface area contributed by atoms with Crippen molar-refractivity contribution in [3.63, 3.8) is 0 Å². The van der Waals surface area contributed by atoms with Gasteiger partial charge in [0.15, 0.2) is 11.5 Å². The number of aromatic nitrogens is 1. The Morgan fingerprint density at radius 2 is 1.81 bits per heavy atom. The van der Waals surface area contributed by atoms with E-state index in [1.165, 1.54) is 0 Å². The molecule has 0 bridgehead atoms. The molecule has 1 aliphatic heterocycles. The van der Waals surface area contributed by atoms with Crippen LogP contribution >= 0.6 is 0 Å². The Morgan fingerprint density at radius 3 is 2.45 bits per heavy atom. The van der Waals surface area contributed by atoms with E-state index >= 15 is 0 Å². The molecule has 2 N–H and O–H groups in total. The fraction of sp³-hybridized carbons (Fsp3) is 0.308. The lowest BCUT2D eigenvalue weighted by Crippen LogP contribution is -2.31. The van der Waals surface area contributed by atoms with Crippen molar-refractivity contribution >= 4 is 28.3 Å². The first kappa shape index (κ1) is 20.9. The van der Waals surface area contributed by atoms with E-state index in [-0.39, 0.29) is 23.7 Å². The molecular weight excluding hydrogens is 388 g/mol. The topological polar surface area (TPSA) is 73.4 Å². The summed E-state index contributed by atoms with van der Waals surface area (Å²) in [7, 11) is 0. The number of aliphatic hydroxyl groups is 1. The monoisotopic (exact) mass is 416 g/mol. The molecule has 0 saturated heterocycles. The zero-order valence-electron chi connectivity index (χ0n) is 18.4. The van der Waals surface area contributed by atoms with Crippen molar-refractivity contribution in [1.82, 2.24) is 4.98 Å². The van der Waals surface area contributed by atoms with Gasteiger partial charge in [-0.2, -0.15) is 0 Å². The second-order valence-electron chi connectivity index (χ2n) is 8.59. The molecule has 0 radical (unpaired) electrons. The molecular formula is C26H28N2O3. The number of benzene rings is 2. The van der Waals surface area contributed by atoms with Gasteiger partial charge in [0.1, 0.15) is 0 Å². The van der Waals surface area contributed by atoms with E-state index in [0.29, 0.717) is 5.69 Å². The Kier molecular flexibility index (Phi) is 5.44. The Hall–Kier alpha value is -3.34. The fourth-order valence-electron chi connectivity index (χ4n) is 4.45. The lowest BCUT2D eigenvalue weighted by Gasteiger charge is -2.27. The molecule has 3 aromatic rings. The van der Waals surface area contributed by atoms with Crippen LogP contribution < -0.4 is 4.90 Å². The predicted molar refractivity (Wildman–Crippen MR) is 123 cm³/mol. The fourth-order valence-corrected chi connectivity index (χ4v) is 4.45. The van der Waals surface area contributed by atoms with Gasteiger partial charge in [0, 0.05) is 34.3 Å². The number of aryl methyl sites for hydroxylation is 2. The minimum Gasteiger partial charge on any atom is -0.503 e. The molecule has 160 valence electrons. The zero-order valence-corrected chi connectivity index (χ0v) is 18.4. The van der Waals surface area contributed by atoms with Crippen LogP contribution in [0, 0.1) is 12.8 Å². The zero-order chi connectivity index (χ0) is 22.3. The van der Waals surface area contributed by atoms with E-state index < -0.39 is 17.7 Å². The lowest BCUT2D eigenvalue weighted by molar-refractivity contribution is -0.118. The first-order valence-electron chi connectivity index (χ1n) is 10.8. The summed E-state index contributed by atoms with van der Waals surface area (Å²) < 4.78 is 0. The van der Waals surface area contributed by atoms with Crippen LogP contribution in [-0.2, 0) is 16.0 Å². The lowest BCUT2D eigenvalue weighted by atomic mass is 9.90. The third-order valence-electron chi connectivity index (χ3n) is 5.94. The molecule has 31 heavy (non-hydrogen) atoms. The predicted octanol–water partition coefficient (Wildman–Crippen LogP) is 5.55. The van der Waals surface area contributed by atoms with Crippen LogP contribution in [0.2, 0.25) is 0 Å². The molecule has 1 aliphatic rings. The highest BCUT2D eigenvalue weighted by atomic mass is 16.3. The van der Waals surface area contributed by atoms with Crippen LogP contribution in [0.25, 0.3) is 10.9 Å². The number of ketones is 1. The average Bonchev–Trinajstić information content (AvgIpc) is 3.20. The summed E-state index contributed by atoms with van der Waals surface area (Å²) in [4.78, 5) is 31.4. The quantitative estimate of drug-likeness (QED) is 0.553. The maximum Gasteiger partial charge on any atom is 0.294 e. The number of aliphatic hydroxyl groups excluding tert-OH is 1. The van der Waals surface area contributed by atoms with Gasteiger partial charge in [0.25, 0.3) is 5.91 Å². The van der Waals surface area contributed by atoms with E-state index in [4.69, 9.17) is 0 Å². The summed E-state index contributed by atoms with van der Waals surface area (Å²) in [6, 6.07) is 14.9. The van der Waals surface area contributed by atoms with Gasteiger partial charge in [-0.3, -0.25) is 14.5 Å². The molecule has 4 rings (SSSR count). The second-order valence-corrected chi connectivity index (χ2v) is 8.59. The summed E-state index contributed by atoms with van der Waals surface area (Å²) >= 11 is 0. The molecule has 1 aromatic heterocycles. The minimum atomic E-state index is -0.678.